The number of hydrogen-bond acceptors (Lipinski definition) is 0. The highest BCUT2D eigenvalue weighted by molar-refractivity contribution is 5.33. The molecule has 0 aromatic heterocycles. The van der Waals surface area contributed by atoms with Gasteiger partial charge in [0.05, 0.1) is 0 Å². The molecule has 84 valence electrons. The van der Waals surface area contributed by atoms with E-state index in [-0.39, 0.29) is 0 Å². The van der Waals surface area contributed by atoms with Gasteiger partial charge in [-0.1, -0.05) is 27.7 Å². The summed E-state index contributed by atoms with van der Waals surface area (Å²) in [5.41, 5.74) is 1.60. The third kappa shape index (κ3) is 0.691. The van der Waals surface area contributed by atoms with Gasteiger partial charge in [-0.3, -0.25) is 0 Å². The van der Waals surface area contributed by atoms with E-state index in [0.717, 1.165) is 46.3 Å². The van der Waals surface area contributed by atoms with Gasteiger partial charge < -0.3 is 0 Å². The molecule has 5 saturated carbocycles. The first-order valence-corrected chi connectivity index (χ1v) is 7.01. The Labute approximate surface area is 93.8 Å². The lowest BCUT2D eigenvalue weighted by Crippen LogP contribution is -2.36. The van der Waals surface area contributed by atoms with E-state index in [1.165, 1.54) is 6.42 Å². The third-order valence-electron chi connectivity index (χ3n) is 7.31. The molecule has 0 aromatic carbocycles. The van der Waals surface area contributed by atoms with Crippen molar-refractivity contribution in [2.24, 2.45) is 46.3 Å². The summed E-state index contributed by atoms with van der Waals surface area (Å²) >= 11 is 0. The van der Waals surface area contributed by atoms with Crippen molar-refractivity contribution in [3.8, 4) is 0 Å². The highest BCUT2D eigenvalue weighted by atomic mass is 14.9. The van der Waals surface area contributed by atoms with Crippen molar-refractivity contribution in [3.05, 3.63) is 0 Å². The van der Waals surface area contributed by atoms with Gasteiger partial charge in [-0.2, -0.15) is 0 Å². The lowest BCUT2D eigenvalue weighted by molar-refractivity contribution is 0.0554. The molecule has 0 heterocycles. The van der Waals surface area contributed by atoms with Gasteiger partial charge in [0.25, 0.3) is 0 Å². The molecule has 6 unspecified atom stereocenters. The first-order valence-electron chi connectivity index (χ1n) is 7.01. The molecule has 5 fully saturated rings. The average molecular weight is 204 g/mol. The Kier molecular flexibility index (Phi) is 1.31. The summed E-state index contributed by atoms with van der Waals surface area (Å²) in [6.07, 6.45) is 4.69. The van der Waals surface area contributed by atoms with Crippen LogP contribution in [0.1, 0.15) is 47.0 Å². The summed E-state index contributed by atoms with van der Waals surface area (Å²) in [6, 6.07) is 0. The minimum absolute atomic E-state index is 0.787. The second kappa shape index (κ2) is 2.17. The minimum atomic E-state index is 0.787. The van der Waals surface area contributed by atoms with Crippen molar-refractivity contribution in [1.82, 2.24) is 0 Å². The molecule has 0 N–H and O–H groups in total. The maximum atomic E-state index is 2.64. The first-order chi connectivity index (χ1) is 7.01. The van der Waals surface area contributed by atoms with Crippen molar-refractivity contribution >= 4 is 0 Å². The fourth-order valence-corrected chi connectivity index (χ4v) is 6.91. The highest BCUT2D eigenvalue weighted by Crippen LogP contribution is 2.91. The maximum absolute atomic E-state index is 2.64. The molecule has 5 rings (SSSR count). The summed E-state index contributed by atoms with van der Waals surface area (Å²) < 4.78 is 0. The summed E-state index contributed by atoms with van der Waals surface area (Å²) in [5.74, 6) is 6.52. The van der Waals surface area contributed by atoms with E-state index in [0.29, 0.717) is 0 Å². The van der Waals surface area contributed by atoms with Gasteiger partial charge in [-0.15, -0.1) is 0 Å². The quantitative estimate of drug-likeness (QED) is 0.606. The summed E-state index contributed by atoms with van der Waals surface area (Å²) in [4.78, 5) is 0. The smallest absolute Gasteiger partial charge is 0.0224 e. The summed E-state index contributed by atoms with van der Waals surface area (Å²) in [6.45, 7) is 10.2. The minimum Gasteiger partial charge on any atom is -0.0625 e. The van der Waals surface area contributed by atoms with Gasteiger partial charge in [0.1, 0.15) is 0 Å². The molecule has 5 aliphatic rings. The molecule has 0 heteroatoms. The van der Waals surface area contributed by atoms with Gasteiger partial charge in [-0.05, 0) is 65.6 Å². The summed E-state index contributed by atoms with van der Waals surface area (Å²) in [5, 5.41) is 0. The normalized spacial score (nSPS) is 69.0. The van der Waals surface area contributed by atoms with E-state index in [2.05, 4.69) is 27.7 Å². The standard InChI is InChI=1S/C15H24/c1-8(2)9-5-6-14(3)10-7-11-13(14)15(11,4)12(9)10/h8-13H,5-7H2,1-4H3/t9-,10?,11?,12?,13?,14?,15?/m1/s1. The molecule has 0 nitrogen and oxygen atoms in total. The van der Waals surface area contributed by atoms with E-state index in [4.69, 9.17) is 0 Å². The molecule has 0 aliphatic heterocycles. The Hall–Kier alpha value is 0. The van der Waals surface area contributed by atoms with Crippen LogP contribution in [0, 0.1) is 46.3 Å². The molecule has 7 atom stereocenters. The van der Waals surface area contributed by atoms with E-state index < -0.39 is 0 Å². The van der Waals surface area contributed by atoms with Gasteiger partial charge in [0.15, 0.2) is 0 Å². The maximum Gasteiger partial charge on any atom is -0.0224 e. The van der Waals surface area contributed by atoms with Gasteiger partial charge in [-0.25, -0.2) is 0 Å². The Morgan fingerprint density at radius 3 is 2.47 bits per heavy atom. The van der Waals surface area contributed by atoms with Crippen LogP contribution in [0.5, 0.6) is 0 Å². The lowest BCUT2D eigenvalue weighted by atomic mass is 9.62. The van der Waals surface area contributed by atoms with Gasteiger partial charge >= 0.3 is 0 Å². The molecule has 0 amide bonds. The van der Waals surface area contributed by atoms with Crippen LogP contribution in [0.4, 0.5) is 0 Å². The number of rotatable bonds is 1. The van der Waals surface area contributed by atoms with E-state index in [9.17, 15) is 0 Å². The SMILES string of the molecule is CC(C)[C@H]1CCC2(C)C3CC4C2C4(C)C31. The van der Waals surface area contributed by atoms with Crippen LogP contribution in [-0.4, -0.2) is 0 Å². The van der Waals surface area contributed by atoms with Crippen LogP contribution in [-0.2, 0) is 0 Å². The zero-order valence-electron chi connectivity index (χ0n) is 10.6. The molecule has 0 saturated heterocycles. The molecule has 0 radical (unpaired) electrons. The highest BCUT2D eigenvalue weighted by Gasteiger charge is 2.86. The van der Waals surface area contributed by atoms with Crippen LogP contribution < -0.4 is 0 Å². The van der Waals surface area contributed by atoms with Crippen molar-refractivity contribution < 1.29 is 0 Å². The first kappa shape index (κ1) is 9.07. The third-order valence-corrected chi connectivity index (χ3v) is 7.31. The monoisotopic (exact) mass is 204 g/mol. The average Bonchev–Trinajstić information content (AvgIpc) is 2.44. The molecule has 0 aromatic rings. The van der Waals surface area contributed by atoms with E-state index >= 15 is 0 Å². The van der Waals surface area contributed by atoms with E-state index in [1.807, 2.05) is 0 Å². The molecule has 6 bridgehead atoms. The van der Waals surface area contributed by atoms with Crippen LogP contribution in [0.15, 0.2) is 0 Å². The predicted molar refractivity (Wildman–Crippen MR) is 62.4 cm³/mol. The van der Waals surface area contributed by atoms with Crippen LogP contribution in [0.25, 0.3) is 0 Å². The lowest BCUT2D eigenvalue weighted by Gasteiger charge is -2.43. The molecule has 5 aliphatic carbocycles. The van der Waals surface area contributed by atoms with E-state index in [1.54, 1.807) is 12.8 Å². The van der Waals surface area contributed by atoms with Crippen LogP contribution in [0.2, 0.25) is 0 Å². The van der Waals surface area contributed by atoms with Crippen LogP contribution >= 0.6 is 0 Å². The molecular formula is C15H24. The Morgan fingerprint density at radius 2 is 1.87 bits per heavy atom. The van der Waals surface area contributed by atoms with Crippen molar-refractivity contribution in [3.63, 3.8) is 0 Å². The van der Waals surface area contributed by atoms with Crippen molar-refractivity contribution in [2.45, 2.75) is 47.0 Å². The topological polar surface area (TPSA) is 0 Å². The fourth-order valence-electron chi connectivity index (χ4n) is 6.91. The second-order valence-corrected chi connectivity index (χ2v) is 7.77. The fraction of sp³-hybridized carbons (Fsp3) is 1.00. The molecular weight excluding hydrogens is 180 g/mol. The zero-order chi connectivity index (χ0) is 10.6. The second-order valence-electron chi connectivity index (χ2n) is 7.77. The molecule has 15 heavy (non-hydrogen) atoms. The van der Waals surface area contributed by atoms with Gasteiger partial charge in [0.2, 0.25) is 0 Å². The number of hydrogen-bond donors (Lipinski definition) is 0. The zero-order valence-corrected chi connectivity index (χ0v) is 10.6. The largest absolute Gasteiger partial charge is 0.0625 e. The Balaban J connectivity index is 1.81. The van der Waals surface area contributed by atoms with Crippen LogP contribution in [0.3, 0.4) is 0 Å². The van der Waals surface area contributed by atoms with Gasteiger partial charge in [0, 0.05) is 0 Å². The Morgan fingerprint density at radius 1 is 1.13 bits per heavy atom. The summed E-state index contributed by atoms with van der Waals surface area (Å²) in [7, 11) is 0. The predicted octanol–water partition coefficient (Wildman–Crippen LogP) is 3.96. The molecule has 0 spiro atoms. The van der Waals surface area contributed by atoms with Crippen molar-refractivity contribution in [2.75, 3.05) is 0 Å². The Bertz CT molecular complexity index is 331. The van der Waals surface area contributed by atoms with Crippen molar-refractivity contribution in [1.29, 1.82) is 0 Å².